The van der Waals surface area contributed by atoms with Gasteiger partial charge < -0.3 is 15.0 Å². The van der Waals surface area contributed by atoms with Crippen molar-refractivity contribution in [2.24, 2.45) is 0 Å². The second kappa shape index (κ2) is 6.87. The van der Waals surface area contributed by atoms with Crippen molar-refractivity contribution in [1.82, 2.24) is 10.2 Å². The molecule has 0 radical (unpaired) electrons. The highest BCUT2D eigenvalue weighted by molar-refractivity contribution is 5.29. The lowest BCUT2D eigenvalue weighted by molar-refractivity contribution is 0.230. The van der Waals surface area contributed by atoms with Gasteiger partial charge in [-0.1, -0.05) is 6.07 Å². The van der Waals surface area contributed by atoms with Crippen molar-refractivity contribution in [2.75, 3.05) is 32.7 Å². The quantitative estimate of drug-likeness (QED) is 0.883. The Kier molecular flexibility index (Phi) is 5.16. The van der Waals surface area contributed by atoms with Crippen molar-refractivity contribution in [3.63, 3.8) is 0 Å². The Morgan fingerprint density at radius 3 is 2.68 bits per heavy atom. The zero-order valence-electron chi connectivity index (χ0n) is 11.8. The van der Waals surface area contributed by atoms with Gasteiger partial charge in [-0.25, -0.2) is 4.39 Å². The number of halogens is 1. The fraction of sp³-hybridized carbons (Fsp3) is 0.600. The van der Waals surface area contributed by atoms with E-state index in [0.717, 1.165) is 44.7 Å². The van der Waals surface area contributed by atoms with E-state index >= 15 is 0 Å². The summed E-state index contributed by atoms with van der Waals surface area (Å²) in [5.74, 6) is 0.0902. The van der Waals surface area contributed by atoms with Gasteiger partial charge in [0.05, 0.1) is 6.10 Å². The first-order valence-corrected chi connectivity index (χ1v) is 7.03. The van der Waals surface area contributed by atoms with E-state index in [1.165, 1.54) is 0 Å². The van der Waals surface area contributed by atoms with E-state index in [-0.39, 0.29) is 11.9 Å². The summed E-state index contributed by atoms with van der Waals surface area (Å²) in [6.45, 7) is 9.06. The van der Waals surface area contributed by atoms with Crippen LogP contribution in [0.15, 0.2) is 18.2 Å². The Bertz CT molecular complexity index is 403. The van der Waals surface area contributed by atoms with Gasteiger partial charge in [0.2, 0.25) is 0 Å². The molecule has 1 aromatic carbocycles. The molecule has 19 heavy (non-hydrogen) atoms. The molecule has 0 bridgehead atoms. The number of ether oxygens (including phenoxy) is 1. The number of hydrogen-bond donors (Lipinski definition) is 1. The summed E-state index contributed by atoms with van der Waals surface area (Å²) < 4.78 is 19.2. The number of piperazine rings is 1. The Morgan fingerprint density at radius 1 is 1.32 bits per heavy atom. The fourth-order valence-corrected chi connectivity index (χ4v) is 2.27. The Balaban J connectivity index is 1.88. The molecule has 1 fully saturated rings. The van der Waals surface area contributed by atoms with Crippen LogP contribution in [0.25, 0.3) is 0 Å². The third-order valence-electron chi connectivity index (χ3n) is 3.29. The molecule has 0 spiro atoms. The van der Waals surface area contributed by atoms with Gasteiger partial charge in [-0.3, -0.25) is 0 Å². The minimum absolute atomic E-state index is 0.00111. The average Bonchev–Trinajstić information content (AvgIpc) is 2.40. The molecule has 0 atom stereocenters. The maximum absolute atomic E-state index is 13.8. The summed E-state index contributed by atoms with van der Waals surface area (Å²) in [7, 11) is 0. The molecule has 1 aliphatic heterocycles. The predicted molar refractivity (Wildman–Crippen MR) is 75.2 cm³/mol. The molecule has 0 aromatic heterocycles. The van der Waals surface area contributed by atoms with Gasteiger partial charge in [0.1, 0.15) is 0 Å². The average molecular weight is 266 g/mol. The van der Waals surface area contributed by atoms with Crippen molar-refractivity contribution < 1.29 is 9.13 Å². The number of benzene rings is 1. The van der Waals surface area contributed by atoms with Crippen LogP contribution >= 0.6 is 0 Å². The summed E-state index contributed by atoms with van der Waals surface area (Å²) >= 11 is 0. The summed E-state index contributed by atoms with van der Waals surface area (Å²) in [6, 6.07) is 5.30. The van der Waals surface area contributed by atoms with E-state index in [0.29, 0.717) is 5.75 Å². The lowest BCUT2D eigenvalue weighted by Crippen LogP contribution is -2.44. The van der Waals surface area contributed by atoms with E-state index < -0.39 is 0 Å². The van der Waals surface area contributed by atoms with Gasteiger partial charge in [-0.05, 0) is 38.0 Å². The van der Waals surface area contributed by atoms with Crippen molar-refractivity contribution >= 4 is 0 Å². The fourth-order valence-electron chi connectivity index (χ4n) is 2.27. The molecule has 2 rings (SSSR count). The van der Waals surface area contributed by atoms with Gasteiger partial charge in [0.25, 0.3) is 0 Å². The van der Waals surface area contributed by atoms with Gasteiger partial charge in [-0.15, -0.1) is 0 Å². The first-order chi connectivity index (χ1) is 9.15. The van der Waals surface area contributed by atoms with Crippen LogP contribution in [0.2, 0.25) is 0 Å². The van der Waals surface area contributed by atoms with Crippen molar-refractivity contribution in [1.29, 1.82) is 0 Å². The maximum atomic E-state index is 13.8. The minimum Gasteiger partial charge on any atom is -0.488 e. The molecule has 1 aromatic rings. The highest BCUT2D eigenvalue weighted by atomic mass is 19.1. The Morgan fingerprint density at radius 2 is 2.05 bits per heavy atom. The van der Waals surface area contributed by atoms with Crippen LogP contribution in [0.4, 0.5) is 4.39 Å². The molecule has 0 aliphatic carbocycles. The minimum atomic E-state index is -0.258. The SMILES string of the molecule is CC(C)Oc1ccc(CCN2CCNCC2)cc1F. The van der Waals surface area contributed by atoms with E-state index in [9.17, 15) is 4.39 Å². The maximum Gasteiger partial charge on any atom is 0.165 e. The first-order valence-electron chi connectivity index (χ1n) is 7.03. The van der Waals surface area contributed by atoms with Gasteiger partial charge >= 0.3 is 0 Å². The van der Waals surface area contributed by atoms with E-state index in [1.807, 2.05) is 19.9 Å². The number of rotatable bonds is 5. The molecule has 0 unspecified atom stereocenters. The molecule has 1 heterocycles. The largest absolute Gasteiger partial charge is 0.488 e. The second-order valence-corrected chi connectivity index (χ2v) is 5.27. The zero-order valence-corrected chi connectivity index (χ0v) is 11.8. The third kappa shape index (κ3) is 4.48. The molecule has 3 nitrogen and oxygen atoms in total. The van der Waals surface area contributed by atoms with Gasteiger partial charge in [0.15, 0.2) is 11.6 Å². The zero-order chi connectivity index (χ0) is 13.7. The molecule has 106 valence electrons. The van der Waals surface area contributed by atoms with Crippen molar-refractivity contribution in [3.05, 3.63) is 29.6 Å². The molecule has 1 saturated heterocycles. The van der Waals surface area contributed by atoms with Crippen LogP contribution in [-0.4, -0.2) is 43.7 Å². The normalized spacial score (nSPS) is 16.8. The van der Waals surface area contributed by atoms with Gasteiger partial charge in [0, 0.05) is 32.7 Å². The first kappa shape index (κ1) is 14.3. The van der Waals surface area contributed by atoms with E-state index in [2.05, 4.69) is 10.2 Å². The lowest BCUT2D eigenvalue weighted by atomic mass is 10.1. The smallest absolute Gasteiger partial charge is 0.165 e. The van der Waals surface area contributed by atoms with Crippen LogP contribution in [-0.2, 0) is 6.42 Å². The predicted octanol–water partition coefficient (Wildman–Crippen LogP) is 2.06. The molecular weight excluding hydrogens is 243 g/mol. The topological polar surface area (TPSA) is 24.5 Å². The molecule has 0 amide bonds. The molecule has 0 saturated carbocycles. The third-order valence-corrected chi connectivity index (χ3v) is 3.29. The van der Waals surface area contributed by atoms with E-state index in [1.54, 1.807) is 12.1 Å². The molecule has 1 aliphatic rings. The van der Waals surface area contributed by atoms with Crippen LogP contribution in [0.1, 0.15) is 19.4 Å². The highest BCUT2D eigenvalue weighted by Gasteiger charge is 2.10. The summed E-state index contributed by atoms with van der Waals surface area (Å²) in [4.78, 5) is 2.41. The Labute approximate surface area is 114 Å². The van der Waals surface area contributed by atoms with E-state index in [4.69, 9.17) is 4.74 Å². The summed E-state index contributed by atoms with van der Waals surface area (Å²) in [6.07, 6.45) is 0.889. The summed E-state index contributed by atoms with van der Waals surface area (Å²) in [5, 5.41) is 3.33. The second-order valence-electron chi connectivity index (χ2n) is 5.27. The highest BCUT2D eigenvalue weighted by Crippen LogP contribution is 2.20. The van der Waals surface area contributed by atoms with Crippen molar-refractivity contribution in [3.8, 4) is 5.75 Å². The summed E-state index contributed by atoms with van der Waals surface area (Å²) in [5.41, 5.74) is 1.03. The van der Waals surface area contributed by atoms with Crippen LogP contribution in [0.5, 0.6) is 5.75 Å². The Hall–Kier alpha value is -1.13. The number of nitrogens with zero attached hydrogens (tertiary/aromatic N) is 1. The van der Waals surface area contributed by atoms with Crippen molar-refractivity contribution in [2.45, 2.75) is 26.4 Å². The number of hydrogen-bond acceptors (Lipinski definition) is 3. The molecule has 1 N–H and O–H groups in total. The monoisotopic (exact) mass is 266 g/mol. The molecular formula is C15H23FN2O. The number of nitrogens with one attached hydrogen (secondary N) is 1. The van der Waals surface area contributed by atoms with Crippen LogP contribution in [0.3, 0.4) is 0 Å². The molecule has 4 heteroatoms. The van der Waals surface area contributed by atoms with Crippen LogP contribution in [0, 0.1) is 5.82 Å². The standard InChI is InChI=1S/C15H23FN2O/c1-12(2)19-15-4-3-13(11-14(15)16)5-8-18-9-6-17-7-10-18/h3-4,11-12,17H,5-10H2,1-2H3. The lowest BCUT2D eigenvalue weighted by Gasteiger charge is -2.27. The van der Waals surface area contributed by atoms with Gasteiger partial charge in [-0.2, -0.15) is 0 Å². The van der Waals surface area contributed by atoms with Crippen LogP contribution < -0.4 is 10.1 Å².